The Labute approximate surface area is 219 Å². The molecule has 11 heteroatoms. The molecule has 3 heterocycles. The van der Waals surface area contributed by atoms with Crippen molar-refractivity contribution in [3.05, 3.63) is 29.3 Å². The van der Waals surface area contributed by atoms with Gasteiger partial charge in [0.15, 0.2) is 0 Å². The molecular formula is C26H30ClF2N5O3. The Morgan fingerprint density at radius 3 is 2.70 bits per heavy atom. The summed E-state index contributed by atoms with van der Waals surface area (Å²) < 4.78 is 30.1. The number of carbonyl (C=O) groups excluding carboxylic acids is 3. The summed E-state index contributed by atoms with van der Waals surface area (Å²) in [6, 6.07) is 5.75. The molecule has 6 rings (SSSR count). The molecule has 1 aromatic rings. The third-order valence-electron chi connectivity index (χ3n) is 8.20. The second-order valence-corrected chi connectivity index (χ2v) is 11.2. The van der Waals surface area contributed by atoms with Crippen molar-refractivity contribution in [2.24, 2.45) is 11.8 Å². The maximum Gasteiger partial charge on any atom is 0.255 e. The van der Waals surface area contributed by atoms with Gasteiger partial charge < -0.3 is 20.9 Å². The number of nitrogens with one attached hydrogen (secondary N) is 3. The molecule has 3 amide bonds. The van der Waals surface area contributed by atoms with Crippen molar-refractivity contribution in [1.29, 1.82) is 5.26 Å². The Morgan fingerprint density at radius 1 is 1.27 bits per heavy atom. The largest absolute Gasteiger partial charge is 0.371 e. The minimum absolute atomic E-state index is 0.0967. The Balaban J connectivity index is 1.37. The zero-order valence-electron chi connectivity index (χ0n) is 20.3. The monoisotopic (exact) mass is 533 g/mol. The molecule has 8 nitrogen and oxygen atoms in total. The molecule has 2 saturated carbocycles. The summed E-state index contributed by atoms with van der Waals surface area (Å²) in [5.74, 6) is -6.17. The van der Waals surface area contributed by atoms with Crippen LogP contribution in [0.4, 0.5) is 14.5 Å². The quantitative estimate of drug-likeness (QED) is 0.498. The van der Waals surface area contributed by atoms with Gasteiger partial charge in [-0.1, -0.05) is 17.7 Å². The van der Waals surface area contributed by atoms with Crippen molar-refractivity contribution in [1.82, 2.24) is 15.5 Å². The van der Waals surface area contributed by atoms with Crippen LogP contribution in [0.3, 0.4) is 0 Å². The first-order valence-corrected chi connectivity index (χ1v) is 13.2. The summed E-state index contributed by atoms with van der Waals surface area (Å²) in [4.78, 5) is 40.9. The topological polar surface area (TPSA) is 114 Å². The van der Waals surface area contributed by atoms with Crippen LogP contribution in [0.15, 0.2) is 24.3 Å². The summed E-state index contributed by atoms with van der Waals surface area (Å²) in [7, 11) is 0. The summed E-state index contributed by atoms with van der Waals surface area (Å²) in [6.07, 6.45) is 2.51. The fraction of sp³-hybridized carbons (Fsp3) is 0.615. The molecule has 0 unspecified atom stereocenters. The van der Waals surface area contributed by atoms with E-state index in [-0.39, 0.29) is 24.7 Å². The van der Waals surface area contributed by atoms with Gasteiger partial charge in [0.05, 0.1) is 12.0 Å². The van der Waals surface area contributed by atoms with E-state index in [2.05, 4.69) is 16.0 Å². The fourth-order valence-electron chi connectivity index (χ4n) is 6.15. The first-order chi connectivity index (χ1) is 17.6. The fourth-order valence-corrected chi connectivity index (χ4v) is 6.34. The minimum Gasteiger partial charge on any atom is -0.371 e. The lowest BCUT2D eigenvalue weighted by molar-refractivity contribution is -0.195. The van der Waals surface area contributed by atoms with Gasteiger partial charge in [-0.15, -0.1) is 0 Å². The molecule has 5 fully saturated rings. The van der Waals surface area contributed by atoms with Crippen molar-refractivity contribution in [2.75, 3.05) is 11.9 Å². The number of piperidine rings is 3. The number of carbonyl (C=O) groups is 3. The van der Waals surface area contributed by atoms with E-state index < -0.39 is 53.8 Å². The highest BCUT2D eigenvalue weighted by Gasteiger charge is 2.64. The smallest absolute Gasteiger partial charge is 0.255 e. The highest BCUT2D eigenvalue weighted by molar-refractivity contribution is 6.30. The van der Waals surface area contributed by atoms with Gasteiger partial charge in [-0.2, -0.15) is 5.26 Å². The zero-order valence-corrected chi connectivity index (χ0v) is 21.1. The van der Waals surface area contributed by atoms with E-state index in [1.54, 1.807) is 24.3 Å². The van der Waals surface area contributed by atoms with Crippen molar-refractivity contribution in [3.63, 3.8) is 0 Å². The van der Waals surface area contributed by atoms with Crippen molar-refractivity contribution in [2.45, 2.75) is 81.0 Å². The molecule has 2 aliphatic carbocycles. The molecule has 2 bridgehead atoms. The summed E-state index contributed by atoms with van der Waals surface area (Å²) >= 11 is 6.09. The lowest BCUT2D eigenvalue weighted by Gasteiger charge is -2.54. The van der Waals surface area contributed by atoms with E-state index in [4.69, 9.17) is 11.6 Å². The second kappa shape index (κ2) is 9.75. The molecule has 0 aromatic heterocycles. The summed E-state index contributed by atoms with van der Waals surface area (Å²) in [6.45, 7) is 0.571. The van der Waals surface area contributed by atoms with Crippen molar-refractivity contribution < 1.29 is 23.2 Å². The number of amides is 3. The van der Waals surface area contributed by atoms with Crippen LogP contribution in [0, 0.1) is 23.2 Å². The van der Waals surface area contributed by atoms with E-state index in [9.17, 15) is 19.6 Å². The summed E-state index contributed by atoms with van der Waals surface area (Å²) in [5, 5.41) is 18.7. The Kier molecular flexibility index (Phi) is 6.77. The normalized spacial score (nSPS) is 30.0. The number of alkyl halides is 2. The maximum absolute atomic E-state index is 15.0. The van der Waals surface area contributed by atoms with Crippen molar-refractivity contribution >= 4 is 35.0 Å². The van der Waals surface area contributed by atoms with Gasteiger partial charge in [0.25, 0.3) is 5.92 Å². The number of fused-ring (bicyclic) bond motifs is 3. The SMILES string of the molecule is N#C[C@@H](C[C@H]1CCCNC1=O)NC(=O)[C@@H]1[C@@H]2CC[C@@H](CC2(F)F)N1C(=O)C1(Nc2cccc(Cl)c2)CC1. The Morgan fingerprint density at radius 2 is 2.05 bits per heavy atom. The van der Waals surface area contributed by atoms with E-state index in [1.807, 2.05) is 6.07 Å². The van der Waals surface area contributed by atoms with Gasteiger partial charge in [0.1, 0.15) is 17.6 Å². The lowest BCUT2D eigenvalue weighted by atomic mass is 9.71. The number of benzene rings is 1. The molecule has 3 aliphatic heterocycles. The molecule has 0 radical (unpaired) electrons. The molecule has 5 atom stereocenters. The number of nitrogens with zero attached hydrogens (tertiary/aromatic N) is 2. The third-order valence-corrected chi connectivity index (χ3v) is 8.43. The predicted molar refractivity (Wildman–Crippen MR) is 132 cm³/mol. The van der Waals surface area contributed by atoms with Gasteiger partial charge in [-0.05, 0) is 63.1 Å². The van der Waals surface area contributed by atoms with Crippen LogP contribution in [-0.2, 0) is 14.4 Å². The van der Waals surface area contributed by atoms with Crippen LogP contribution in [0.5, 0.6) is 0 Å². The van der Waals surface area contributed by atoms with Crippen LogP contribution in [0.2, 0.25) is 5.02 Å². The summed E-state index contributed by atoms with van der Waals surface area (Å²) in [5.41, 5.74) is -0.340. The molecule has 3 N–H and O–H groups in total. The number of rotatable bonds is 7. The molecular weight excluding hydrogens is 504 g/mol. The van der Waals surface area contributed by atoms with Crippen molar-refractivity contribution in [3.8, 4) is 6.07 Å². The van der Waals surface area contributed by atoms with E-state index in [1.165, 1.54) is 4.90 Å². The average molecular weight is 534 g/mol. The average Bonchev–Trinajstić information content (AvgIpc) is 3.64. The first-order valence-electron chi connectivity index (χ1n) is 12.9. The standard InChI is InChI=1S/C26H30ClF2N5O3/c27-16-4-1-5-17(12-16)33-25(8-9-25)24(37)34-19-6-7-20(26(28,29)13-19)21(34)23(36)32-18(14-30)11-15-3-2-10-31-22(15)35/h1,4-5,12,15,18-21,33H,2-3,6-11,13H2,(H,31,35)(H,32,36)/t15-,18-,19+,20+,21+/m1/s1. The first kappa shape index (κ1) is 25.7. The molecule has 198 valence electrons. The van der Waals surface area contributed by atoms with Gasteiger partial charge in [0, 0.05) is 35.6 Å². The highest BCUT2D eigenvalue weighted by atomic mass is 35.5. The van der Waals surface area contributed by atoms with Crippen LogP contribution in [-0.4, -0.2) is 58.8 Å². The third kappa shape index (κ3) is 4.98. The predicted octanol–water partition coefficient (Wildman–Crippen LogP) is 3.22. The molecule has 0 spiro atoms. The van der Waals surface area contributed by atoms with Crippen LogP contribution in [0.1, 0.15) is 51.4 Å². The number of hydrogen-bond donors (Lipinski definition) is 3. The Hall–Kier alpha value is -2.93. The number of hydrogen-bond acceptors (Lipinski definition) is 5. The molecule has 37 heavy (non-hydrogen) atoms. The maximum atomic E-state index is 15.0. The number of anilines is 1. The molecule has 5 aliphatic rings. The van der Waals surface area contributed by atoms with E-state index >= 15 is 8.78 Å². The zero-order chi connectivity index (χ0) is 26.4. The van der Waals surface area contributed by atoms with Crippen LogP contribution >= 0.6 is 11.6 Å². The highest BCUT2D eigenvalue weighted by Crippen LogP contribution is 2.52. The van der Waals surface area contributed by atoms with Gasteiger partial charge >= 0.3 is 0 Å². The second-order valence-electron chi connectivity index (χ2n) is 10.7. The van der Waals surface area contributed by atoms with Gasteiger partial charge in [-0.3, -0.25) is 14.4 Å². The van der Waals surface area contributed by atoms with Crippen LogP contribution in [0.25, 0.3) is 0 Å². The number of halogens is 3. The lowest BCUT2D eigenvalue weighted by Crippen LogP contribution is -2.70. The molecule has 1 aromatic carbocycles. The van der Waals surface area contributed by atoms with Crippen LogP contribution < -0.4 is 16.0 Å². The minimum atomic E-state index is -3.09. The number of nitriles is 1. The van der Waals surface area contributed by atoms with Gasteiger partial charge in [0.2, 0.25) is 17.7 Å². The Bertz CT molecular complexity index is 1140. The van der Waals surface area contributed by atoms with E-state index in [0.29, 0.717) is 42.9 Å². The molecule has 3 saturated heterocycles. The van der Waals surface area contributed by atoms with Gasteiger partial charge in [-0.25, -0.2) is 8.78 Å². The van der Waals surface area contributed by atoms with E-state index in [0.717, 1.165) is 6.42 Å².